The largest absolute Gasteiger partial charge is 0.494 e. The fraction of sp³-hybridized carbons (Fsp3) is 0.259. The van der Waals surface area contributed by atoms with E-state index >= 15 is 0 Å². The van der Waals surface area contributed by atoms with E-state index in [1.165, 1.54) is 23.9 Å². The standard InChI is InChI=1S/C27H29N3O5S3/c1-5-35-21-9-7-20(8-10-21)29(38(33,34)23-13-11-22(36-4)12-14-23)17-26(31)28-19-6-15-24-25(16-19)37-27(32)30(24)18(2)3/h6-16,18H,5,17H2,1-4H3,(H,28,31). The zero-order valence-electron chi connectivity index (χ0n) is 21.5. The Bertz CT molecular complexity index is 1590. The smallest absolute Gasteiger partial charge is 0.308 e. The maximum Gasteiger partial charge on any atom is 0.308 e. The number of amides is 1. The molecule has 0 aliphatic heterocycles. The lowest BCUT2D eigenvalue weighted by Crippen LogP contribution is -2.38. The van der Waals surface area contributed by atoms with Crippen LogP contribution in [0.3, 0.4) is 0 Å². The number of fused-ring (bicyclic) bond motifs is 1. The minimum Gasteiger partial charge on any atom is -0.494 e. The first-order chi connectivity index (χ1) is 18.1. The number of benzene rings is 3. The monoisotopic (exact) mass is 571 g/mol. The van der Waals surface area contributed by atoms with Crippen LogP contribution in [0, 0.1) is 0 Å². The summed E-state index contributed by atoms with van der Waals surface area (Å²) in [6.45, 7) is 5.77. The van der Waals surface area contributed by atoms with Crippen LogP contribution >= 0.6 is 23.1 Å². The third-order valence-electron chi connectivity index (χ3n) is 5.78. The first kappa shape index (κ1) is 27.7. The van der Waals surface area contributed by atoms with E-state index in [9.17, 15) is 18.0 Å². The summed E-state index contributed by atoms with van der Waals surface area (Å²) < 4.78 is 36.4. The minimum atomic E-state index is -4.06. The van der Waals surface area contributed by atoms with E-state index in [0.717, 1.165) is 30.8 Å². The first-order valence-electron chi connectivity index (χ1n) is 12.0. The molecule has 38 heavy (non-hydrogen) atoms. The van der Waals surface area contributed by atoms with Crippen molar-refractivity contribution in [3.63, 3.8) is 0 Å². The Kier molecular flexibility index (Phi) is 8.49. The molecule has 1 amide bonds. The average molecular weight is 572 g/mol. The van der Waals surface area contributed by atoms with Gasteiger partial charge in [0.05, 0.1) is 27.4 Å². The van der Waals surface area contributed by atoms with Crippen LogP contribution < -0.4 is 19.2 Å². The van der Waals surface area contributed by atoms with Crippen LogP contribution in [0.4, 0.5) is 11.4 Å². The molecule has 1 aromatic heterocycles. The zero-order chi connectivity index (χ0) is 27.4. The highest BCUT2D eigenvalue weighted by molar-refractivity contribution is 7.98. The maximum absolute atomic E-state index is 13.7. The summed E-state index contributed by atoms with van der Waals surface area (Å²) in [4.78, 5) is 26.5. The van der Waals surface area contributed by atoms with Crippen LogP contribution in [-0.4, -0.2) is 38.3 Å². The van der Waals surface area contributed by atoms with E-state index in [2.05, 4.69) is 5.32 Å². The van der Waals surface area contributed by atoms with Gasteiger partial charge < -0.3 is 10.1 Å². The van der Waals surface area contributed by atoms with E-state index in [1.807, 2.05) is 27.0 Å². The topological polar surface area (TPSA) is 97.7 Å². The number of sulfonamides is 1. The molecule has 200 valence electrons. The summed E-state index contributed by atoms with van der Waals surface area (Å²) in [5.74, 6) is 0.0844. The second-order valence-corrected chi connectivity index (χ2v) is 12.4. The molecule has 0 bridgehead atoms. The molecule has 0 fully saturated rings. The zero-order valence-corrected chi connectivity index (χ0v) is 24.0. The quantitative estimate of drug-likeness (QED) is 0.249. The van der Waals surface area contributed by atoms with Crippen molar-refractivity contribution >= 4 is 60.6 Å². The lowest BCUT2D eigenvalue weighted by Gasteiger charge is -2.24. The van der Waals surface area contributed by atoms with Gasteiger partial charge >= 0.3 is 4.87 Å². The lowest BCUT2D eigenvalue weighted by atomic mass is 10.2. The maximum atomic E-state index is 13.7. The number of hydrogen-bond acceptors (Lipinski definition) is 7. The van der Waals surface area contributed by atoms with Gasteiger partial charge in [0.1, 0.15) is 12.3 Å². The first-order valence-corrected chi connectivity index (χ1v) is 15.5. The Morgan fingerprint density at radius 1 is 1.08 bits per heavy atom. The number of hydrogen-bond donors (Lipinski definition) is 1. The van der Waals surface area contributed by atoms with Crippen molar-refractivity contribution in [2.24, 2.45) is 0 Å². The molecular weight excluding hydrogens is 543 g/mol. The van der Waals surface area contributed by atoms with E-state index in [4.69, 9.17) is 4.74 Å². The van der Waals surface area contributed by atoms with Crippen molar-refractivity contribution in [1.29, 1.82) is 0 Å². The summed E-state index contributed by atoms with van der Waals surface area (Å²) in [6, 6.07) is 18.4. The van der Waals surface area contributed by atoms with Gasteiger partial charge in [-0.2, -0.15) is 0 Å². The van der Waals surface area contributed by atoms with Gasteiger partial charge in [0.15, 0.2) is 0 Å². The Morgan fingerprint density at radius 2 is 1.76 bits per heavy atom. The van der Waals surface area contributed by atoms with E-state index in [-0.39, 0.29) is 15.8 Å². The van der Waals surface area contributed by atoms with Crippen LogP contribution in [-0.2, 0) is 14.8 Å². The second kappa shape index (κ2) is 11.6. The molecule has 3 aromatic carbocycles. The van der Waals surface area contributed by atoms with Crippen LogP contribution in [0.25, 0.3) is 10.2 Å². The molecule has 0 saturated carbocycles. The van der Waals surface area contributed by atoms with Crippen molar-refractivity contribution in [1.82, 2.24) is 4.57 Å². The van der Waals surface area contributed by atoms with Gasteiger partial charge in [-0.15, -0.1) is 11.8 Å². The molecule has 0 atom stereocenters. The number of ether oxygens (including phenoxy) is 1. The van der Waals surface area contributed by atoms with Crippen molar-refractivity contribution in [2.45, 2.75) is 36.6 Å². The highest BCUT2D eigenvalue weighted by Gasteiger charge is 2.27. The lowest BCUT2D eigenvalue weighted by molar-refractivity contribution is -0.114. The highest BCUT2D eigenvalue weighted by atomic mass is 32.2. The summed E-state index contributed by atoms with van der Waals surface area (Å²) in [5, 5.41) is 2.79. The molecule has 11 heteroatoms. The van der Waals surface area contributed by atoms with Crippen molar-refractivity contribution in [3.05, 3.63) is 76.4 Å². The van der Waals surface area contributed by atoms with E-state index in [0.29, 0.717) is 23.7 Å². The molecule has 4 rings (SSSR count). The molecule has 0 spiro atoms. The number of nitrogens with zero attached hydrogens (tertiary/aromatic N) is 2. The third-order valence-corrected chi connectivity index (χ3v) is 9.23. The van der Waals surface area contributed by atoms with Gasteiger partial charge in [0, 0.05) is 16.6 Å². The minimum absolute atomic E-state index is 0.00885. The molecule has 1 N–H and O–H groups in total. The van der Waals surface area contributed by atoms with Crippen LogP contribution in [0.5, 0.6) is 5.75 Å². The molecule has 0 radical (unpaired) electrons. The normalized spacial score (nSPS) is 11.6. The summed E-state index contributed by atoms with van der Waals surface area (Å²) in [6.07, 6.45) is 1.91. The molecule has 0 aliphatic rings. The van der Waals surface area contributed by atoms with E-state index < -0.39 is 22.5 Å². The molecule has 0 saturated heterocycles. The Balaban J connectivity index is 1.64. The molecule has 4 aromatic rings. The summed E-state index contributed by atoms with van der Waals surface area (Å²) in [5.41, 5.74) is 1.61. The van der Waals surface area contributed by atoms with Gasteiger partial charge in [-0.3, -0.25) is 18.5 Å². The van der Waals surface area contributed by atoms with Gasteiger partial charge in [-0.1, -0.05) is 11.3 Å². The number of anilines is 2. The number of rotatable bonds is 10. The fourth-order valence-corrected chi connectivity index (χ4v) is 6.88. The van der Waals surface area contributed by atoms with Crippen molar-refractivity contribution in [2.75, 3.05) is 29.0 Å². The SMILES string of the molecule is CCOc1ccc(N(CC(=O)Nc2ccc3c(c2)sc(=O)n3C(C)C)S(=O)(=O)c2ccc(SC)cc2)cc1. The van der Waals surface area contributed by atoms with Crippen LogP contribution in [0.15, 0.2) is 81.3 Å². The van der Waals surface area contributed by atoms with Crippen LogP contribution in [0.1, 0.15) is 26.8 Å². The Morgan fingerprint density at radius 3 is 2.37 bits per heavy atom. The number of nitrogens with one attached hydrogen (secondary N) is 1. The molecule has 0 unspecified atom stereocenters. The van der Waals surface area contributed by atoms with Gasteiger partial charge in [0.2, 0.25) is 5.91 Å². The second-order valence-electron chi connectivity index (χ2n) is 8.68. The van der Waals surface area contributed by atoms with Gasteiger partial charge in [-0.25, -0.2) is 8.42 Å². The number of carbonyl (C=O) groups is 1. The molecular formula is C27H29N3O5S3. The third kappa shape index (κ3) is 5.90. The van der Waals surface area contributed by atoms with Crippen molar-refractivity contribution in [3.8, 4) is 5.75 Å². The van der Waals surface area contributed by atoms with Gasteiger partial charge in [0.25, 0.3) is 10.0 Å². The number of thioether (sulfide) groups is 1. The predicted molar refractivity (Wildman–Crippen MR) is 155 cm³/mol. The number of carbonyl (C=O) groups excluding carboxylic acids is 1. The predicted octanol–water partition coefficient (Wildman–Crippen LogP) is 5.60. The van der Waals surface area contributed by atoms with Gasteiger partial charge in [-0.05, 0) is 93.8 Å². The highest BCUT2D eigenvalue weighted by Crippen LogP contribution is 2.28. The van der Waals surface area contributed by atoms with E-state index in [1.54, 1.807) is 59.2 Å². The molecule has 8 nitrogen and oxygen atoms in total. The van der Waals surface area contributed by atoms with Crippen molar-refractivity contribution < 1.29 is 17.9 Å². The number of aromatic nitrogens is 1. The summed E-state index contributed by atoms with van der Waals surface area (Å²) in [7, 11) is -4.06. The fourth-order valence-electron chi connectivity index (χ4n) is 4.00. The van der Waals surface area contributed by atoms with Crippen LogP contribution in [0.2, 0.25) is 0 Å². The Hall–Kier alpha value is -3.28. The number of thiazole rings is 1. The Labute approximate surface area is 230 Å². The molecule has 0 aliphatic carbocycles. The molecule has 1 heterocycles. The summed E-state index contributed by atoms with van der Waals surface area (Å²) >= 11 is 2.61. The average Bonchev–Trinajstić information content (AvgIpc) is 3.23.